The molecule has 0 spiro atoms. The van der Waals surface area contributed by atoms with E-state index in [1.165, 1.54) is 29.6 Å². The first kappa shape index (κ1) is 22.2. The number of benzene rings is 1. The largest absolute Gasteiger partial charge is 0.459 e. The molecule has 1 aliphatic heterocycles. The molecule has 2 amide bonds. The maximum Gasteiger partial charge on any atom is 0.311 e. The van der Waals surface area contributed by atoms with Crippen molar-refractivity contribution in [3.63, 3.8) is 0 Å². The van der Waals surface area contributed by atoms with Crippen molar-refractivity contribution in [2.24, 2.45) is 5.92 Å². The number of nitrogens with one attached hydrogen (secondary N) is 1. The molecule has 9 heteroatoms. The van der Waals surface area contributed by atoms with Crippen LogP contribution in [0.1, 0.15) is 41.9 Å². The molecular weight excluding hydrogens is 446 g/mol. The molecule has 0 aliphatic carbocycles. The van der Waals surface area contributed by atoms with Crippen LogP contribution in [0.25, 0.3) is 0 Å². The van der Waals surface area contributed by atoms with E-state index in [-0.39, 0.29) is 30.8 Å². The Hall–Kier alpha value is -3.04. The topological polar surface area (TPSA) is 88.6 Å². The van der Waals surface area contributed by atoms with Gasteiger partial charge in [0.15, 0.2) is 5.13 Å². The molecule has 7 nitrogen and oxygen atoms in total. The standard InChI is InChI=1S/C23H23N3O4S2/c1-14-5-7-17(8-6-14)26-20(28)10-9-18(21(26)19-4-3-11-31-19)22(29)30-12-16-13-32-23(25-16)24-15(2)27/h3-8,11,13,18,21H,9-10,12H2,1-2H3,(H,24,25,27). The van der Waals surface area contributed by atoms with Crippen LogP contribution in [0.3, 0.4) is 0 Å². The maximum absolute atomic E-state index is 13.1. The summed E-state index contributed by atoms with van der Waals surface area (Å²) < 4.78 is 5.61. The van der Waals surface area contributed by atoms with E-state index in [2.05, 4.69) is 10.3 Å². The van der Waals surface area contributed by atoms with Gasteiger partial charge < -0.3 is 15.0 Å². The van der Waals surface area contributed by atoms with Crippen LogP contribution in [0.2, 0.25) is 0 Å². The zero-order chi connectivity index (χ0) is 22.7. The number of anilines is 2. The third-order valence-electron chi connectivity index (χ3n) is 5.24. The molecule has 3 heterocycles. The molecule has 1 fully saturated rings. The minimum absolute atomic E-state index is 0.00393. The molecule has 2 aromatic heterocycles. The van der Waals surface area contributed by atoms with Crippen molar-refractivity contribution >= 4 is 51.3 Å². The number of amides is 2. The lowest BCUT2D eigenvalue weighted by atomic mass is 9.87. The number of hydrogen-bond acceptors (Lipinski definition) is 7. The molecule has 1 saturated heterocycles. The van der Waals surface area contributed by atoms with Gasteiger partial charge in [0.1, 0.15) is 6.61 Å². The average Bonchev–Trinajstić information content (AvgIpc) is 3.44. The maximum atomic E-state index is 13.1. The van der Waals surface area contributed by atoms with Crippen LogP contribution in [-0.4, -0.2) is 22.8 Å². The number of carbonyl (C=O) groups excluding carboxylic acids is 3. The number of aromatic nitrogens is 1. The lowest BCUT2D eigenvalue weighted by molar-refractivity contribution is -0.152. The minimum atomic E-state index is -0.485. The molecule has 0 radical (unpaired) electrons. The molecule has 32 heavy (non-hydrogen) atoms. The number of rotatable bonds is 6. The summed E-state index contributed by atoms with van der Waals surface area (Å²) in [5.74, 6) is -1.05. The lowest BCUT2D eigenvalue weighted by Gasteiger charge is -2.39. The molecule has 4 rings (SSSR count). The van der Waals surface area contributed by atoms with E-state index in [1.807, 2.05) is 48.7 Å². The van der Waals surface area contributed by atoms with Crippen LogP contribution >= 0.6 is 22.7 Å². The zero-order valence-corrected chi connectivity index (χ0v) is 19.4. The van der Waals surface area contributed by atoms with Gasteiger partial charge in [-0.3, -0.25) is 14.4 Å². The Labute approximate surface area is 194 Å². The SMILES string of the molecule is CC(=O)Nc1nc(COC(=O)C2CCC(=O)N(c3ccc(C)cc3)C2c2cccs2)cs1. The monoisotopic (exact) mass is 469 g/mol. The molecule has 1 aromatic carbocycles. The van der Waals surface area contributed by atoms with Crippen molar-refractivity contribution in [2.75, 3.05) is 10.2 Å². The van der Waals surface area contributed by atoms with Crippen molar-refractivity contribution < 1.29 is 19.1 Å². The number of nitrogens with zero attached hydrogens (tertiary/aromatic N) is 2. The molecule has 2 unspecified atom stereocenters. The highest BCUT2D eigenvalue weighted by Crippen LogP contribution is 2.42. The van der Waals surface area contributed by atoms with Crippen molar-refractivity contribution in [1.29, 1.82) is 0 Å². The van der Waals surface area contributed by atoms with E-state index in [0.717, 1.165) is 16.1 Å². The zero-order valence-electron chi connectivity index (χ0n) is 17.7. The second-order valence-corrected chi connectivity index (χ2v) is 9.47. The van der Waals surface area contributed by atoms with E-state index in [0.29, 0.717) is 17.2 Å². The Bertz CT molecular complexity index is 1110. The van der Waals surface area contributed by atoms with Crippen LogP contribution in [0.5, 0.6) is 0 Å². The first-order valence-corrected chi connectivity index (χ1v) is 12.0. The van der Waals surface area contributed by atoms with E-state index < -0.39 is 12.0 Å². The molecule has 2 atom stereocenters. The highest BCUT2D eigenvalue weighted by Gasteiger charge is 2.42. The Morgan fingerprint density at radius 1 is 1.22 bits per heavy atom. The Balaban J connectivity index is 1.55. The Kier molecular flexibility index (Phi) is 6.66. The van der Waals surface area contributed by atoms with E-state index >= 15 is 0 Å². The fourth-order valence-electron chi connectivity index (χ4n) is 3.77. The van der Waals surface area contributed by atoms with Gasteiger partial charge in [0.2, 0.25) is 11.8 Å². The number of hydrogen-bond donors (Lipinski definition) is 1. The van der Waals surface area contributed by atoms with Crippen LogP contribution in [-0.2, 0) is 25.7 Å². The fraction of sp³-hybridized carbons (Fsp3) is 0.304. The van der Waals surface area contributed by atoms with Crippen LogP contribution in [0.4, 0.5) is 10.8 Å². The average molecular weight is 470 g/mol. The van der Waals surface area contributed by atoms with Gasteiger partial charge in [-0.15, -0.1) is 22.7 Å². The first-order valence-electron chi connectivity index (χ1n) is 10.2. The number of carbonyl (C=O) groups is 3. The number of thiazole rings is 1. The van der Waals surface area contributed by atoms with Gasteiger partial charge in [-0.2, -0.15) is 0 Å². The fourth-order valence-corrected chi connectivity index (χ4v) is 5.39. The highest BCUT2D eigenvalue weighted by atomic mass is 32.1. The van der Waals surface area contributed by atoms with Gasteiger partial charge in [-0.05, 0) is 36.9 Å². The number of ether oxygens (including phenoxy) is 1. The summed E-state index contributed by atoms with van der Waals surface area (Å²) >= 11 is 2.80. The smallest absolute Gasteiger partial charge is 0.311 e. The van der Waals surface area contributed by atoms with Crippen LogP contribution in [0.15, 0.2) is 47.2 Å². The highest BCUT2D eigenvalue weighted by molar-refractivity contribution is 7.13. The summed E-state index contributed by atoms with van der Waals surface area (Å²) in [6, 6.07) is 11.2. The lowest BCUT2D eigenvalue weighted by Crippen LogP contribution is -2.45. The van der Waals surface area contributed by atoms with Gasteiger partial charge in [0, 0.05) is 29.3 Å². The molecule has 1 aliphatic rings. The predicted octanol–water partition coefficient (Wildman–Crippen LogP) is 4.70. The number of piperidine rings is 1. The summed E-state index contributed by atoms with van der Waals surface area (Å²) in [4.78, 5) is 44.2. The first-order chi connectivity index (χ1) is 15.4. The van der Waals surface area contributed by atoms with Gasteiger partial charge in [0.05, 0.1) is 17.7 Å². The molecule has 3 aromatic rings. The van der Waals surface area contributed by atoms with Crippen molar-refractivity contribution in [3.8, 4) is 0 Å². The molecule has 0 bridgehead atoms. The third kappa shape index (κ3) is 4.89. The summed E-state index contributed by atoms with van der Waals surface area (Å²) in [6.07, 6.45) is 0.704. The van der Waals surface area contributed by atoms with Gasteiger partial charge in [-0.25, -0.2) is 4.98 Å². The van der Waals surface area contributed by atoms with Crippen LogP contribution < -0.4 is 10.2 Å². The molecule has 166 valence electrons. The van der Waals surface area contributed by atoms with Crippen LogP contribution in [0, 0.1) is 12.8 Å². The van der Waals surface area contributed by atoms with E-state index in [1.54, 1.807) is 10.3 Å². The number of esters is 1. The Morgan fingerprint density at radius 2 is 2.00 bits per heavy atom. The second-order valence-electron chi connectivity index (χ2n) is 7.64. The van der Waals surface area contributed by atoms with Crippen molar-refractivity contribution in [1.82, 2.24) is 4.98 Å². The van der Waals surface area contributed by atoms with E-state index in [4.69, 9.17) is 4.74 Å². The van der Waals surface area contributed by atoms with Gasteiger partial charge in [-0.1, -0.05) is 23.8 Å². The quantitative estimate of drug-likeness (QED) is 0.529. The predicted molar refractivity (Wildman–Crippen MR) is 125 cm³/mol. The molecule has 0 saturated carbocycles. The summed E-state index contributed by atoms with van der Waals surface area (Å²) in [7, 11) is 0. The molecular formula is C23H23N3O4S2. The number of aryl methyl sites for hydroxylation is 1. The number of thiophene rings is 1. The Morgan fingerprint density at radius 3 is 2.69 bits per heavy atom. The van der Waals surface area contributed by atoms with Gasteiger partial charge >= 0.3 is 5.97 Å². The minimum Gasteiger partial charge on any atom is -0.459 e. The second kappa shape index (κ2) is 9.62. The van der Waals surface area contributed by atoms with E-state index in [9.17, 15) is 14.4 Å². The summed E-state index contributed by atoms with van der Waals surface area (Å²) in [5, 5.41) is 6.78. The molecule has 1 N–H and O–H groups in total. The van der Waals surface area contributed by atoms with Crippen molar-refractivity contribution in [3.05, 3.63) is 63.3 Å². The third-order valence-corrected chi connectivity index (χ3v) is 6.99. The summed E-state index contributed by atoms with van der Waals surface area (Å²) in [6.45, 7) is 3.42. The normalized spacial score (nSPS) is 18.4. The summed E-state index contributed by atoms with van der Waals surface area (Å²) in [5.41, 5.74) is 2.45. The van der Waals surface area contributed by atoms with Crippen molar-refractivity contribution in [2.45, 2.75) is 39.3 Å². The van der Waals surface area contributed by atoms with Gasteiger partial charge in [0.25, 0.3) is 0 Å².